The van der Waals surface area contributed by atoms with E-state index in [1.165, 1.54) is 22.1 Å². The van der Waals surface area contributed by atoms with Crippen molar-refractivity contribution in [1.29, 1.82) is 5.26 Å². The molecule has 2 nitrogen and oxygen atoms in total. The first-order valence-corrected chi connectivity index (χ1v) is 7.86. The van der Waals surface area contributed by atoms with Gasteiger partial charge in [0, 0.05) is 4.88 Å². The zero-order chi connectivity index (χ0) is 14.8. The number of nitriles is 1. The van der Waals surface area contributed by atoms with Gasteiger partial charge in [0.2, 0.25) is 0 Å². The molecule has 21 heavy (non-hydrogen) atoms. The third kappa shape index (κ3) is 2.39. The quantitative estimate of drug-likeness (QED) is 0.740. The maximum Gasteiger partial charge on any atom is 0.128 e. The van der Waals surface area contributed by atoms with Crippen molar-refractivity contribution in [3.05, 3.63) is 52.9 Å². The van der Waals surface area contributed by atoms with Gasteiger partial charge in [-0.15, -0.1) is 11.3 Å². The number of rotatable bonds is 3. The molecule has 3 heteroatoms. The molecule has 2 aromatic carbocycles. The zero-order valence-corrected chi connectivity index (χ0v) is 12.7. The van der Waals surface area contributed by atoms with E-state index in [-0.39, 0.29) is 0 Å². The van der Waals surface area contributed by atoms with E-state index in [0.717, 1.165) is 28.8 Å². The van der Waals surface area contributed by atoms with E-state index in [1.54, 1.807) is 0 Å². The second-order valence-corrected chi connectivity index (χ2v) is 6.10. The Kier molecular flexibility index (Phi) is 3.64. The molecule has 0 spiro atoms. The molecule has 3 aromatic rings. The van der Waals surface area contributed by atoms with Gasteiger partial charge in [-0.25, -0.2) is 0 Å². The molecule has 0 aliphatic rings. The van der Waals surface area contributed by atoms with Gasteiger partial charge in [-0.3, -0.25) is 0 Å². The number of hydrogen-bond donors (Lipinski definition) is 1. The molecule has 0 saturated heterocycles. The first-order valence-electron chi connectivity index (χ1n) is 7.05. The molecule has 0 bridgehead atoms. The van der Waals surface area contributed by atoms with E-state index in [9.17, 15) is 5.26 Å². The zero-order valence-electron chi connectivity index (χ0n) is 11.9. The molecular weight excluding hydrogens is 276 g/mol. The van der Waals surface area contributed by atoms with Gasteiger partial charge >= 0.3 is 0 Å². The number of nitrogens with zero attached hydrogens (tertiary/aromatic N) is 1. The van der Waals surface area contributed by atoms with Gasteiger partial charge in [0.25, 0.3) is 0 Å². The van der Waals surface area contributed by atoms with Crippen LogP contribution in [0.25, 0.3) is 21.2 Å². The van der Waals surface area contributed by atoms with Gasteiger partial charge in [-0.05, 0) is 34.4 Å². The number of fused-ring (bicyclic) bond motifs is 1. The van der Waals surface area contributed by atoms with Crippen LogP contribution in [0.1, 0.15) is 23.8 Å². The minimum absolute atomic E-state index is 0.626. The molecule has 104 valence electrons. The molecule has 0 aliphatic heterocycles. The van der Waals surface area contributed by atoms with Crippen molar-refractivity contribution in [3.8, 4) is 16.5 Å². The van der Waals surface area contributed by atoms with Crippen molar-refractivity contribution >= 4 is 27.8 Å². The Bertz CT molecular complexity index is 840. The highest BCUT2D eigenvalue weighted by molar-refractivity contribution is 7.16. The number of nitrogen functional groups attached to an aromatic ring is 1. The average molecular weight is 292 g/mol. The molecule has 1 aromatic heterocycles. The molecule has 0 fully saturated rings. The van der Waals surface area contributed by atoms with Crippen LogP contribution in [0.15, 0.2) is 42.5 Å². The van der Waals surface area contributed by atoms with Crippen LogP contribution in [0.3, 0.4) is 0 Å². The number of thiophene rings is 1. The molecule has 0 atom stereocenters. The van der Waals surface area contributed by atoms with Gasteiger partial charge in [0.15, 0.2) is 0 Å². The SMILES string of the molecule is CCCc1c(-c2ccc3ccccc3c2)sc(C#N)c1N. The van der Waals surface area contributed by atoms with Gasteiger partial charge in [0.05, 0.1) is 5.69 Å². The molecule has 0 saturated carbocycles. The summed E-state index contributed by atoms with van der Waals surface area (Å²) in [4.78, 5) is 1.76. The minimum Gasteiger partial charge on any atom is -0.397 e. The summed E-state index contributed by atoms with van der Waals surface area (Å²) in [6.45, 7) is 2.13. The summed E-state index contributed by atoms with van der Waals surface area (Å²) in [5.74, 6) is 0. The lowest BCUT2D eigenvalue weighted by molar-refractivity contribution is 0.930. The van der Waals surface area contributed by atoms with Crippen molar-refractivity contribution in [1.82, 2.24) is 0 Å². The van der Waals surface area contributed by atoms with Crippen LogP contribution < -0.4 is 5.73 Å². The Morgan fingerprint density at radius 1 is 1.14 bits per heavy atom. The van der Waals surface area contributed by atoms with E-state index in [2.05, 4.69) is 43.3 Å². The Morgan fingerprint density at radius 3 is 2.62 bits per heavy atom. The summed E-state index contributed by atoms with van der Waals surface area (Å²) in [6, 6.07) is 16.9. The average Bonchev–Trinajstić information content (AvgIpc) is 2.84. The van der Waals surface area contributed by atoms with Crippen LogP contribution in [0.5, 0.6) is 0 Å². The Labute approximate surface area is 128 Å². The fraction of sp³-hybridized carbons (Fsp3) is 0.167. The smallest absolute Gasteiger partial charge is 0.128 e. The largest absolute Gasteiger partial charge is 0.397 e. The van der Waals surface area contributed by atoms with Crippen molar-refractivity contribution in [3.63, 3.8) is 0 Å². The predicted octanol–water partition coefficient (Wildman–Crippen LogP) is 4.97. The molecule has 3 rings (SSSR count). The monoisotopic (exact) mass is 292 g/mol. The first kappa shape index (κ1) is 13.7. The summed E-state index contributed by atoms with van der Waals surface area (Å²) in [7, 11) is 0. The van der Waals surface area contributed by atoms with Crippen LogP contribution in [-0.4, -0.2) is 0 Å². The highest BCUT2D eigenvalue weighted by Crippen LogP contribution is 2.39. The molecule has 1 heterocycles. The van der Waals surface area contributed by atoms with Gasteiger partial charge in [0.1, 0.15) is 10.9 Å². The predicted molar refractivity (Wildman–Crippen MR) is 90.4 cm³/mol. The highest BCUT2D eigenvalue weighted by atomic mass is 32.1. The fourth-order valence-corrected chi connectivity index (χ4v) is 3.69. The van der Waals surface area contributed by atoms with Crippen molar-refractivity contribution < 1.29 is 0 Å². The summed E-state index contributed by atoms with van der Waals surface area (Å²) < 4.78 is 0. The molecule has 2 N–H and O–H groups in total. The van der Waals surface area contributed by atoms with E-state index in [1.807, 2.05) is 12.1 Å². The van der Waals surface area contributed by atoms with Gasteiger partial charge in [-0.1, -0.05) is 49.7 Å². The second kappa shape index (κ2) is 5.59. The Morgan fingerprint density at radius 2 is 1.90 bits per heavy atom. The van der Waals surface area contributed by atoms with Crippen LogP contribution >= 0.6 is 11.3 Å². The summed E-state index contributed by atoms with van der Waals surface area (Å²) in [5, 5.41) is 11.7. The third-order valence-corrected chi connectivity index (χ3v) is 4.86. The van der Waals surface area contributed by atoms with E-state index in [0.29, 0.717) is 10.6 Å². The Balaban J connectivity index is 2.20. The van der Waals surface area contributed by atoms with E-state index < -0.39 is 0 Å². The molecule has 0 amide bonds. The number of nitrogens with two attached hydrogens (primary N) is 1. The first-order chi connectivity index (χ1) is 10.2. The molecule has 0 aliphatic carbocycles. The van der Waals surface area contributed by atoms with Crippen LogP contribution in [0, 0.1) is 11.3 Å². The van der Waals surface area contributed by atoms with Gasteiger partial charge < -0.3 is 5.73 Å². The lowest BCUT2D eigenvalue weighted by Crippen LogP contribution is -1.93. The molecular formula is C18H16N2S. The maximum absolute atomic E-state index is 9.22. The van der Waals surface area contributed by atoms with Crippen LogP contribution in [-0.2, 0) is 6.42 Å². The summed E-state index contributed by atoms with van der Waals surface area (Å²) in [5.41, 5.74) is 9.07. The minimum atomic E-state index is 0.626. The lowest BCUT2D eigenvalue weighted by Gasteiger charge is -2.06. The van der Waals surface area contributed by atoms with Crippen LogP contribution in [0.4, 0.5) is 5.69 Å². The Hall–Kier alpha value is -2.31. The van der Waals surface area contributed by atoms with Crippen molar-refractivity contribution in [2.45, 2.75) is 19.8 Å². The second-order valence-electron chi connectivity index (χ2n) is 5.08. The normalized spacial score (nSPS) is 10.7. The lowest BCUT2D eigenvalue weighted by atomic mass is 10.0. The standard InChI is InChI=1S/C18H16N2S/c1-2-5-15-17(20)16(11-19)21-18(15)14-9-8-12-6-3-4-7-13(12)10-14/h3-4,6-10H,2,5,20H2,1H3. The molecule has 0 unspecified atom stereocenters. The van der Waals surface area contributed by atoms with Crippen molar-refractivity contribution in [2.24, 2.45) is 0 Å². The van der Waals surface area contributed by atoms with Crippen molar-refractivity contribution in [2.75, 3.05) is 5.73 Å². The summed E-state index contributed by atoms with van der Waals surface area (Å²) >= 11 is 1.50. The number of hydrogen-bond acceptors (Lipinski definition) is 3. The van der Waals surface area contributed by atoms with E-state index >= 15 is 0 Å². The van der Waals surface area contributed by atoms with Gasteiger partial charge in [-0.2, -0.15) is 5.26 Å². The summed E-state index contributed by atoms with van der Waals surface area (Å²) in [6.07, 6.45) is 1.93. The number of anilines is 1. The fourth-order valence-electron chi connectivity index (χ4n) is 2.62. The topological polar surface area (TPSA) is 49.8 Å². The maximum atomic E-state index is 9.22. The number of benzene rings is 2. The third-order valence-electron chi connectivity index (χ3n) is 3.66. The van der Waals surface area contributed by atoms with Crippen LogP contribution in [0.2, 0.25) is 0 Å². The van der Waals surface area contributed by atoms with E-state index in [4.69, 9.17) is 5.73 Å². The highest BCUT2D eigenvalue weighted by Gasteiger charge is 2.16. The molecule has 0 radical (unpaired) electrons.